The van der Waals surface area contributed by atoms with Crippen molar-refractivity contribution in [3.63, 3.8) is 0 Å². The SMILES string of the molecule is CCCCCCCCCCCCCCCCCCCCCCCCC(=O)O[C@H](COC(=O)CCCCCCCCCCCCCCCCCCC(C)C)COP(=O)(O)OC[C@@H](O)COP(=O)(O)OC[C@@H](COC(=O)CCCCCCCCCCCC)OC(=O)CCCCCCCCCCCCCCCC. The molecule has 2 unspecified atom stereocenters. The quantitative estimate of drug-likeness (QED) is 0.0222. The van der Waals surface area contributed by atoms with Crippen molar-refractivity contribution in [1.29, 1.82) is 0 Å². The van der Waals surface area contributed by atoms with Crippen molar-refractivity contribution in [3.05, 3.63) is 0 Å². The average Bonchev–Trinajstić information content (AvgIpc) is 0.922. The number of ether oxygens (including phenoxy) is 4. The molecule has 3 N–H and O–H groups in total. The molecule has 0 spiro atoms. The highest BCUT2D eigenvalue weighted by atomic mass is 31.2. The van der Waals surface area contributed by atoms with E-state index < -0.39 is 97.5 Å². The third-order valence-corrected chi connectivity index (χ3v) is 22.2. The van der Waals surface area contributed by atoms with Crippen LogP contribution in [0.3, 0.4) is 0 Å². The van der Waals surface area contributed by atoms with Crippen molar-refractivity contribution in [2.45, 2.75) is 483 Å². The largest absolute Gasteiger partial charge is 0.472 e. The molecule has 0 rings (SSSR count). The van der Waals surface area contributed by atoms with E-state index in [1.165, 1.54) is 289 Å². The Bertz CT molecular complexity index is 2000. The summed E-state index contributed by atoms with van der Waals surface area (Å²) in [6.45, 7) is 7.39. The monoisotopic (exact) mass is 1540 g/mol. The number of hydrogen-bond donors (Lipinski definition) is 3. The fraction of sp³-hybridized carbons (Fsp3) is 0.953. The molecule has 0 aliphatic carbocycles. The molecule has 0 bridgehead atoms. The van der Waals surface area contributed by atoms with Crippen molar-refractivity contribution >= 4 is 39.5 Å². The number of aliphatic hydroxyl groups is 1. The van der Waals surface area contributed by atoms with Crippen molar-refractivity contribution < 1.29 is 80.2 Å². The zero-order chi connectivity index (χ0) is 76.9. The number of esters is 4. The Hall–Kier alpha value is -1.94. The van der Waals surface area contributed by atoms with Gasteiger partial charge in [-0.05, 0) is 31.6 Å². The van der Waals surface area contributed by atoms with Crippen LogP contribution in [0.25, 0.3) is 0 Å². The van der Waals surface area contributed by atoms with Crippen LogP contribution in [-0.2, 0) is 65.4 Å². The number of unbranched alkanes of at least 4 members (excludes halogenated alkanes) is 58. The highest BCUT2D eigenvalue weighted by Gasteiger charge is 2.30. The van der Waals surface area contributed by atoms with Crippen molar-refractivity contribution in [2.24, 2.45) is 5.92 Å². The number of carbonyl (C=O) groups excluding carboxylic acids is 4. The minimum Gasteiger partial charge on any atom is -0.462 e. The van der Waals surface area contributed by atoms with Gasteiger partial charge in [-0.25, -0.2) is 9.13 Å². The van der Waals surface area contributed by atoms with Crippen LogP contribution in [-0.4, -0.2) is 96.7 Å². The van der Waals surface area contributed by atoms with E-state index in [4.69, 9.17) is 37.0 Å². The number of carbonyl (C=O) groups is 4. The second kappa shape index (κ2) is 78.7. The minimum absolute atomic E-state index is 0.109. The lowest BCUT2D eigenvalue weighted by Crippen LogP contribution is -2.30. The molecule has 0 saturated heterocycles. The normalized spacial score (nSPS) is 13.8. The van der Waals surface area contributed by atoms with Crippen LogP contribution in [0.5, 0.6) is 0 Å². The second-order valence-corrected chi connectivity index (χ2v) is 34.3. The van der Waals surface area contributed by atoms with Gasteiger partial charge < -0.3 is 33.8 Å². The van der Waals surface area contributed by atoms with E-state index in [9.17, 15) is 43.2 Å². The molecule has 624 valence electrons. The molecule has 0 radical (unpaired) electrons. The Balaban J connectivity index is 5.21. The van der Waals surface area contributed by atoms with Gasteiger partial charge in [-0.15, -0.1) is 0 Å². The van der Waals surface area contributed by atoms with Crippen LogP contribution in [0.15, 0.2) is 0 Å². The zero-order valence-corrected chi connectivity index (χ0v) is 70.7. The van der Waals surface area contributed by atoms with E-state index >= 15 is 0 Å². The summed E-state index contributed by atoms with van der Waals surface area (Å²) < 4.78 is 68.9. The van der Waals surface area contributed by atoms with Crippen molar-refractivity contribution in [1.82, 2.24) is 0 Å². The molecule has 0 aromatic rings. The Morgan fingerprint density at radius 1 is 0.257 bits per heavy atom. The van der Waals surface area contributed by atoms with Crippen LogP contribution in [0.4, 0.5) is 0 Å². The van der Waals surface area contributed by atoms with Gasteiger partial charge in [0.1, 0.15) is 19.3 Å². The number of phosphoric acid groups is 2. The van der Waals surface area contributed by atoms with Crippen LogP contribution in [0.2, 0.25) is 0 Å². The molecule has 0 heterocycles. The smallest absolute Gasteiger partial charge is 0.462 e. The first-order valence-electron chi connectivity index (χ1n) is 44.6. The van der Waals surface area contributed by atoms with Crippen molar-refractivity contribution in [2.75, 3.05) is 39.6 Å². The fourth-order valence-electron chi connectivity index (χ4n) is 13.5. The lowest BCUT2D eigenvalue weighted by molar-refractivity contribution is -0.161. The first-order valence-corrected chi connectivity index (χ1v) is 47.6. The predicted molar refractivity (Wildman–Crippen MR) is 432 cm³/mol. The summed E-state index contributed by atoms with van der Waals surface area (Å²) in [6.07, 6.45) is 72.2. The summed E-state index contributed by atoms with van der Waals surface area (Å²) >= 11 is 0. The molecule has 105 heavy (non-hydrogen) atoms. The van der Waals surface area contributed by atoms with Gasteiger partial charge in [0.2, 0.25) is 0 Å². The van der Waals surface area contributed by atoms with Gasteiger partial charge in [0.25, 0.3) is 0 Å². The Labute approximate surface area is 645 Å². The first-order chi connectivity index (χ1) is 51.0. The molecule has 0 amide bonds. The Kier molecular flexibility index (Phi) is 77.3. The molecule has 0 aromatic carbocycles. The van der Waals surface area contributed by atoms with Crippen LogP contribution < -0.4 is 0 Å². The molecule has 17 nitrogen and oxygen atoms in total. The Morgan fingerprint density at radius 2 is 0.438 bits per heavy atom. The maximum atomic E-state index is 13.1. The lowest BCUT2D eigenvalue weighted by Gasteiger charge is -2.21. The summed E-state index contributed by atoms with van der Waals surface area (Å²) in [4.78, 5) is 73.2. The van der Waals surface area contributed by atoms with Gasteiger partial charge in [-0.2, -0.15) is 0 Å². The topological polar surface area (TPSA) is 237 Å². The van der Waals surface area contributed by atoms with Crippen LogP contribution >= 0.6 is 15.6 Å². The predicted octanol–water partition coefficient (Wildman–Crippen LogP) is 26.4. The zero-order valence-electron chi connectivity index (χ0n) is 68.9. The molecule has 0 aliphatic rings. The van der Waals surface area contributed by atoms with Crippen LogP contribution in [0.1, 0.15) is 465 Å². The molecule has 5 atom stereocenters. The average molecular weight is 1540 g/mol. The van der Waals surface area contributed by atoms with E-state index in [2.05, 4.69) is 34.6 Å². The maximum absolute atomic E-state index is 13.1. The number of hydrogen-bond acceptors (Lipinski definition) is 15. The molecular formula is C86H168O17P2. The molecule has 19 heteroatoms. The minimum atomic E-state index is -4.97. The third-order valence-electron chi connectivity index (χ3n) is 20.3. The van der Waals surface area contributed by atoms with E-state index in [1.807, 2.05) is 0 Å². The Morgan fingerprint density at radius 3 is 0.648 bits per heavy atom. The highest BCUT2D eigenvalue weighted by molar-refractivity contribution is 7.47. The van der Waals surface area contributed by atoms with Crippen LogP contribution in [0, 0.1) is 5.92 Å². The molecule has 0 aromatic heterocycles. The van der Waals surface area contributed by atoms with Crippen molar-refractivity contribution in [3.8, 4) is 0 Å². The van der Waals surface area contributed by atoms with Gasteiger partial charge in [0.05, 0.1) is 26.4 Å². The van der Waals surface area contributed by atoms with E-state index in [0.29, 0.717) is 25.7 Å². The maximum Gasteiger partial charge on any atom is 0.472 e. The van der Waals surface area contributed by atoms with Gasteiger partial charge in [0.15, 0.2) is 12.2 Å². The second-order valence-electron chi connectivity index (χ2n) is 31.4. The van der Waals surface area contributed by atoms with Gasteiger partial charge in [0, 0.05) is 25.7 Å². The summed E-state index contributed by atoms with van der Waals surface area (Å²) in [5.41, 5.74) is 0. The summed E-state index contributed by atoms with van der Waals surface area (Å²) in [6, 6.07) is 0. The fourth-order valence-corrected chi connectivity index (χ4v) is 15.1. The molecule has 0 fully saturated rings. The summed E-state index contributed by atoms with van der Waals surface area (Å²) in [7, 11) is -9.92. The standard InChI is InChI=1S/C86H168O17P2/c1-6-9-12-15-18-21-24-26-28-29-30-31-32-33-34-39-43-47-52-57-62-67-72-86(91)103-82(76-97-84(89)70-65-60-55-50-45-42-38-36-35-37-40-44-48-53-58-63-68-79(4)5)78-101-105(94,95)99-74-80(87)73-98-104(92,93)100-77-81(75-96-83(88)69-64-59-54-49-23-20-17-14-11-8-3)102-85(90)71-66-61-56-51-46-41-27-25-22-19-16-13-10-7-2/h79-82,87H,6-78H2,1-5H3,(H,92,93)(H,94,95)/t80-,81+,82+/m0/s1. The highest BCUT2D eigenvalue weighted by Crippen LogP contribution is 2.45. The lowest BCUT2D eigenvalue weighted by atomic mass is 10.0. The number of rotatable bonds is 86. The number of aliphatic hydroxyl groups excluding tert-OH is 1. The van der Waals surface area contributed by atoms with E-state index in [0.717, 1.165) is 95.8 Å². The third kappa shape index (κ3) is 79.9. The van der Waals surface area contributed by atoms with E-state index in [1.54, 1.807) is 0 Å². The van der Waals surface area contributed by atoms with E-state index in [-0.39, 0.29) is 25.7 Å². The molecule has 0 saturated carbocycles. The summed E-state index contributed by atoms with van der Waals surface area (Å²) in [5.74, 6) is -1.29. The van der Waals surface area contributed by atoms with Gasteiger partial charge >= 0.3 is 39.5 Å². The number of phosphoric ester groups is 2. The van der Waals surface area contributed by atoms with Gasteiger partial charge in [-0.3, -0.25) is 37.3 Å². The first kappa shape index (κ1) is 103. The summed E-state index contributed by atoms with van der Waals surface area (Å²) in [5, 5.41) is 10.7. The molecule has 0 aliphatic heterocycles. The van der Waals surface area contributed by atoms with Gasteiger partial charge in [-0.1, -0.05) is 413 Å². The molecular weight excluding hydrogens is 1370 g/mol.